The first-order chi connectivity index (χ1) is 12.1. The largest absolute Gasteiger partial charge is 0.748 e. The molecule has 1 aromatic carbocycles. The molecule has 0 aromatic heterocycles. The van der Waals surface area contributed by atoms with Crippen LogP contribution >= 0.6 is 67.8 Å². The predicted octanol–water partition coefficient (Wildman–Crippen LogP) is 4.42. The maximum Gasteiger partial charge on any atom is 0.186 e. The van der Waals surface area contributed by atoms with Crippen LogP contribution in [0.3, 0.4) is 0 Å². The number of ether oxygens (including phenoxy) is 3. The summed E-state index contributed by atoms with van der Waals surface area (Å²) in [6, 6.07) is 1.99. The first-order valence-corrected chi connectivity index (χ1v) is 13.0. The molecule has 0 saturated carbocycles. The van der Waals surface area contributed by atoms with Crippen molar-refractivity contribution in [3.05, 3.63) is 22.3 Å². The van der Waals surface area contributed by atoms with Gasteiger partial charge in [-0.2, -0.15) is 0 Å². The van der Waals surface area contributed by atoms with Crippen molar-refractivity contribution in [1.29, 1.82) is 0 Å². The minimum absolute atomic E-state index is 0.108. The second-order valence-corrected chi connectivity index (χ2v) is 11.0. The molecule has 0 radical (unpaired) electrons. The molecule has 148 valence electrons. The average molecular weight is 721 g/mol. The molecule has 1 fully saturated rings. The molecule has 10 heteroatoms. The molecule has 0 amide bonds. The van der Waals surface area contributed by atoms with E-state index in [0.717, 1.165) is 29.1 Å². The van der Waals surface area contributed by atoms with E-state index in [0.29, 0.717) is 5.75 Å². The van der Waals surface area contributed by atoms with Gasteiger partial charge in [-0.15, -0.1) is 0 Å². The topological polar surface area (TPSA) is 84.9 Å². The number of benzene rings is 1. The van der Waals surface area contributed by atoms with Crippen molar-refractivity contribution < 1.29 is 27.2 Å². The summed E-state index contributed by atoms with van der Waals surface area (Å²) < 4.78 is 52.9. The van der Waals surface area contributed by atoms with Gasteiger partial charge in [-0.05, 0) is 100 Å². The Bertz CT molecular complexity index is 740. The summed E-state index contributed by atoms with van der Waals surface area (Å²) in [5, 5.41) is 0. The second kappa shape index (κ2) is 10.2. The molecule has 1 heterocycles. The van der Waals surface area contributed by atoms with Gasteiger partial charge in [-0.25, -0.2) is 8.42 Å². The standard InChI is InChI=1S/C16H21I3O6S/c1-3-10-7-9(2)24-16(25-10)13-11(17)8-12(18)15(14(13)19)23-5-4-6-26(20,21)22/h8-10,16H,3-7H2,1-2H3,(H,20,21,22)/p-1. The third-order valence-electron chi connectivity index (χ3n) is 3.91. The monoisotopic (exact) mass is 721 g/mol. The molecule has 1 saturated heterocycles. The van der Waals surface area contributed by atoms with E-state index >= 15 is 0 Å². The zero-order chi connectivity index (χ0) is 19.5. The van der Waals surface area contributed by atoms with E-state index in [-0.39, 0.29) is 25.2 Å². The lowest BCUT2D eigenvalue weighted by Crippen LogP contribution is -2.32. The number of hydrogen-bond acceptors (Lipinski definition) is 6. The van der Waals surface area contributed by atoms with Crippen molar-refractivity contribution in [2.24, 2.45) is 0 Å². The molecule has 0 N–H and O–H groups in total. The van der Waals surface area contributed by atoms with Gasteiger partial charge in [0.2, 0.25) is 0 Å². The molecule has 1 aliphatic heterocycles. The Morgan fingerprint density at radius 3 is 2.58 bits per heavy atom. The van der Waals surface area contributed by atoms with E-state index in [1.807, 2.05) is 13.0 Å². The van der Waals surface area contributed by atoms with Crippen LogP contribution < -0.4 is 4.74 Å². The zero-order valence-electron chi connectivity index (χ0n) is 14.3. The molecular weight excluding hydrogens is 701 g/mol. The van der Waals surface area contributed by atoms with Gasteiger partial charge in [0.25, 0.3) is 0 Å². The highest BCUT2D eigenvalue weighted by Crippen LogP contribution is 2.41. The Labute approximate surface area is 195 Å². The number of rotatable bonds is 7. The Hall–Kier alpha value is 1.04. The molecule has 3 atom stereocenters. The summed E-state index contributed by atoms with van der Waals surface area (Å²) in [4.78, 5) is 0. The summed E-state index contributed by atoms with van der Waals surface area (Å²) >= 11 is 6.67. The summed E-state index contributed by atoms with van der Waals surface area (Å²) in [5.41, 5.74) is 0.933. The highest BCUT2D eigenvalue weighted by Gasteiger charge is 2.32. The number of halogens is 3. The van der Waals surface area contributed by atoms with Crippen molar-refractivity contribution in [2.45, 2.75) is 51.6 Å². The van der Waals surface area contributed by atoms with E-state index < -0.39 is 22.2 Å². The highest BCUT2D eigenvalue weighted by atomic mass is 127. The zero-order valence-corrected chi connectivity index (χ0v) is 21.6. The van der Waals surface area contributed by atoms with Gasteiger partial charge in [0.1, 0.15) is 5.75 Å². The van der Waals surface area contributed by atoms with E-state index in [9.17, 15) is 13.0 Å². The minimum Gasteiger partial charge on any atom is -0.748 e. The van der Waals surface area contributed by atoms with Crippen LogP contribution in [0.1, 0.15) is 45.0 Å². The maximum atomic E-state index is 10.7. The lowest BCUT2D eigenvalue weighted by molar-refractivity contribution is -0.244. The summed E-state index contributed by atoms with van der Waals surface area (Å²) in [7, 11) is -4.22. The Balaban J connectivity index is 2.22. The molecule has 3 unspecified atom stereocenters. The summed E-state index contributed by atoms with van der Waals surface area (Å²) in [6.07, 6.45) is 1.76. The summed E-state index contributed by atoms with van der Waals surface area (Å²) in [5.74, 6) is 0.241. The van der Waals surface area contributed by atoms with Crippen LogP contribution in [-0.4, -0.2) is 37.5 Å². The van der Waals surface area contributed by atoms with E-state index in [2.05, 4.69) is 74.7 Å². The second-order valence-electron chi connectivity index (χ2n) is 6.04. The van der Waals surface area contributed by atoms with Gasteiger partial charge < -0.3 is 18.8 Å². The Morgan fingerprint density at radius 1 is 1.27 bits per heavy atom. The summed E-state index contributed by atoms with van der Waals surface area (Å²) in [6.45, 7) is 4.31. The quantitative estimate of drug-likeness (QED) is 0.236. The van der Waals surface area contributed by atoms with Crippen LogP contribution in [0.15, 0.2) is 6.07 Å². The first kappa shape index (κ1) is 23.3. The van der Waals surface area contributed by atoms with Crippen LogP contribution in [0, 0.1) is 10.7 Å². The van der Waals surface area contributed by atoms with Crippen molar-refractivity contribution in [1.82, 2.24) is 0 Å². The average Bonchev–Trinajstić information content (AvgIpc) is 2.52. The van der Waals surface area contributed by atoms with Crippen LogP contribution in [0.2, 0.25) is 0 Å². The van der Waals surface area contributed by atoms with Crippen molar-refractivity contribution in [3.8, 4) is 5.75 Å². The highest BCUT2D eigenvalue weighted by molar-refractivity contribution is 14.1. The van der Waals surface area contributed by atoms with Crippen LogP contribution in [0.5, 0.6) is 5.75 Å². The fourth-order valence-electron chi connectivity index (χ4n) is 2.64. The van der Waals surface area contributed by atoms with E-state index in [1.165, 1.54) is 0 Å². The molecular formula is C16H20I3O6S-. The smallest absolute Gasteiger partial charge is 0.186 e. The van der Waals surface area contributed by atoms with Gasteiger partial charge >= 0.3 is 0 Å². The fraction of sp³-hybridized carbons (Fsp3) is 0.625. The lowest BCUT2D eigenvalue weighted by Gasteiger charge is -2.35. The fourth-order valence-corrected chi connectivity index (χ4v) is 7.31. The minimum atomic E-state index is -4.22. The van der Waals surface area contributed by atoms with E-state index in [4.69, 9.17) is 14.2 Å². The molecule has 2 rings (SSSR count). The SMILES string of the molecule is CCC1CC(C)OC(c2c(I)cc(I)c(OCCCS(=O)(=O)[O-])c2I)O1. The van der Waals surface area contributed by atoms with Gasteiger partial charge in [-0.1, -0.05) is 6.92 Å². The third kappa shape index (κ3) is 6.54. The van der Waals surface area contributed by atoms with Crippen LogP contribution in [0.25, 0.3) is 0 Å². The van der Waals surface area contributed by atoms with Crippen molar-refractivity contribution >= 4 is 77.9 Å². The molecule has 0 bridgehead atoms. The van der Waals surface area contributed by atoms with Gasteiger partial charge in [0.05, 0.1) is 36.1 Å². The maximum absolute atomic E-state index is 10.7. The molecule has 0 spiro atoms. The van der Waals surface area contributed by atoms with Crippen molar-refractivity contribution in [2.75, 3.05) is 12.4 Å². The Morgan fingerprint density at radius 2 is 1.96 bits per heavy atom. The van der Waals surface area contributed by atoms with Crippen LogP contribution in [0.4, 0.5) is 0 Å². The molecule has 26 heavy (non-hydrogen) atoms. The van der Waals surface area contributed by atoms with Gasteiger partial charge in [0.15, 0.2) is 6.29 Å². The number of hydrogen-bond donors (Lipinski definition) is 0. The van der Waals surface area contributed by atoms with Crippen molar-refractivity contribution in [3.63, 3.8) is 0 Å². The normalized spacial score (nSPS) is 23.8. The van der Waals surface area contributed by atoms with Crippen LogP contribution in [-0.2, 0) is 19.6 Å². The van der Waals surface area contributed by atoms with E-state index in [1.54, 1.807) is 0 Å². The van der Waals surface area contributed by atoms with Gasteiger partial charge in [0, 0.05) is 14.9 Å². The first-order valence-electron chi connectivity index (χ1n) is 8.17. The van der Waals surface area contributed by atoms with Gasteiger partial charge in [-0.3, -0.25) is 0 Å². The third-order valence-corrected chi connectivity index (χ3v) is 7.46. The lowest BCUT2D eigenvalue weighted by atomic mass is 10.1. The Kier molecular flexibility index (Phi) is 9.13. The molecule has 1 aliphatic rings. The molecule has 6 nitrogen and oxygen atoms in total. The molecule has 1 aromatic rings. The molecule has 0 aliphatic carbocycles. The predicted molar refractivity (Wildman–Crippen MR) is 122 cm³/mol.